The van der Waals surface area contributed by atoms with Gasteiger partial charge in [0.25, 0.3) is 0 Å². The van der Waals surface area contributed by atoms with Crippen LogP contribution >= 0.6 is 0 Å². The summed E-state index contributed by atoms with van der Waals surface area (Å²) in [6, 6.07) is 14.8. The van der Waals surface area contributed by atoms with Gasteiger partial charge in [-0.15, -0.1) is 0 Å². The van der Waals surface area contributed by atoms with Crippen molar-refractivity contribution in [3.05, 3.63) is 70.8 Å². The van der Waals surface area contributed by atoms with Gasteiger partial charge in [0.15, 0.2) is 0 Å². The molecule has 0 bridgehead atoms. The number of aromatic hydroxyl groups is 1. The first-order valence-electron chi connectivity index (χ1n) is 9.79. The molecule has 0 saturated heterocycles. The highest BCUT2D eigenvalue weighted by Crippen LogP contribution is 2.42. The average Bonchev–Trinajstić information content (AvgIpc) is 2.63. The van der Waals surface area contributed by atoms with E-state index in [0.717, 1.165) is 30.4 Å². The molecule has 0 aliphatic rings. The fourth-order valence-electron chi connectivity index (χ4n) is 3.12. The Morgan fingerprint density at radius 1 is 0.846 bits per heavy atom. The fraction of sp³-hybridized carbons (Fsp3) is 0.440. The smallest absolute Gasteiger partial charge is 0.123 e. The summed E-state index contributed by atoms with van der Waals surface area (Å²) in [6.45, 7) is 13.2. The molecule has 1 nitrogen and oxygen atoms in total. The molecule has 0 unspecified atom stereocenters. The van der Waals surface area contributed by atoms with Crippen molar-refractivity contribution < 1.29 is 5.11 Å². The Morgan fingerprint density at radius 3 is 1.81 bits per heavy atom. The van der Waals surface area contributed by atoms with E-state index in [1.165, 1.54) is 11.1 Å². The minimum Gasteiger partial charge on any atom is -0.507 e. The molecule has 0 aliphatic carbocycles. The molecule has 0 fully saturated rings. The Balaban J connectivity index is 2.44. The Morgan fingerprint density at radius 2 is 1.35 bits per heavy atom. The maximum Gasteiger partial charge on any atom is 0.123 e. The van der Waals surface area contributed by atoms with Crippen LogP contribution in [0, 0.1) is 0 Å². The Kier molecular flexibility index (Phi) is 6.34. The van der Waals surface area contributed by atoms with Gasteiger partial charge in [-0.1, -0.05) is 96.2 Å². The van der Waals surface area contributed by atoms with E-state index in [9.17, 15) is 5.11 Å². The van der Waals surface area contributed by atoms with Gasteiger partial charge in [-0.2, -0.15) is 0 Å². The van der Waals surface area contributed by atoms with Crippen LogP contribution in [0.4, 0.5) is 0 Å². The summed E-state index contributed by atoms with van der Waals surface area (Å²) in [6.07, 6.45) is 7.25. The van der Waals surface area contributed by atoms with E-state index < -0.39 is 0 Å². The zero-order valence-corrected chi connectivity index (χ0v) is 17.3. The molecule has 26 heavy (non-hydrogen) atoms. The largest absolute Gasteiger partial charge is 0.507 e. The third-order valence-electron chi connectivity index (χ3n) is 5.86. The van der Waals surface area contributed by atoms with E-state index in [0.29, 0.717) is 5.75 Å². The molecule has 2 rings (SSSR count). The Bertz CT molecular complexity index is 714. The Hall–Kier alpha value is -2.02. The molecule has 0 saturated carbocycles. The molecule has 2 aromatic rings. The predicted molar refractivity (Wildman–Crippen MR) is 114 cm³/mol. The first kappa shape index (κ1) is 20.3. The zero-order valence-electron chi connectivity index (χ0n) is 17.3. The molecule has 0 heterocycles. The van der Waals surface area contributed by atoms with Crippen molar-refractivity contribution >= 4 is 6.08 Å². The molecule has 1 heteroatoms. The lowest BCUT2D eigenvalue weighted by Crippen LogP contribution is -2.21. The second-order valence-electron chi connectivity index (χ2n) is 8.53. The highest BCUT2D eigenvalue weighted by molar-refractivity contribution is 5.53. The van der Waals surface area contributed by atoms with Gasteiger partial charge in [-0.25, -0.2) is 0 Å². The van der Waals surface area contributed by atoms with E-state index in [2.05, 4.69) is 90.1 Å². The lowest BCUT2D eigenvalue weighted by Gasteiger charge is -2.31. The summed E-state index contributed by atoms with van der Waals surface area (Å²) in [7, 11) is 0. The summed E-state index contributed by atoms with van der Waals surface area (Å²) < 4.78 is 0. The molecular weight excluding hydrogens is 316 g/mol. The van der Waals surface area contributed by atoms with Crippen molar-refractivity contribution in [2.75, 3.05) is 0 Å². The molecule has 0 aliphatic heterocycles. The minimum absolute atomic E-state index is 0.0399. The number of phenolic OH excluding ortho intramolecular Hbond substituents is 1. The SMILES string of the molecule is CCC(C)(C)c1cc(CC=Cc2ccccc2)cc(C(C)(C)CC)c1O. The van der Waals surface area contributed by atoms with Crippen LogP contribution in [0.25, 0.3) is 6.08 Å². The molecule has 0 radical (unpaired) electrons. The van der Waals surface area contributed by atoms with E-state index >= 15 is 0 Å². The number of allylic oxidation sites excluding steroid dienone is 1. The molecule has 140 valence electrons. The van der Waals surface area contributed by atoms with E-state index in [1.807, 2.05) is 6.07 Å². The van der Waals surface area contributed by atoms with Gasteiger partial charge in [-0.3, -0.25) is 0 Å². The van der Waals surface area contributed by atoms with Crippen LogP contribution in [0.15, 0.2) is 48.5 Å². The average molecular weight is 351 g/mol. The monoisotopic (exact) mass is 350 g/mol. The number of hydrogen-bond donors (Lipinski definition) is 1. The van der Waals surface area contributed by atoms with Crippen LogP contribution < -0.4 is 0 Å². The highest BCUT2D eigenvalue weighted by Gasteiger charge is 2.29. The molecule has 0 atom stereocenters. The van der Waals surface area contributed by atoms with Crippen LogP contribution in [-0.4, -0.2) is 5.11 Å². The van der Waals surface area contributed by atoms with Gasteiger partial charge in [0.1, 0.15) is 5.75 Å². The number of benzene rings is 2. The molecule has 0 amide bonds. The van der Waals surface area contributed by atoms with Crippen molar-refractivity contribution in [2.45, 2.75) is 71.6 Å². The lowest BCUT2D eigenvalue weighted by atomic mass is 9.74. The summed E-state index contributed by atoms with van der Waals surface area (Å²) >= 11 is 0. The molecule has 0 spiro atoms. The van der Waals surface area contributed by atoms with Gasteiger partial charge in [0.2, 0.25) is 0 Å². The van der Waals surface area contributed by atoms with Crippen LogP contribution in [0.3, 0.4) is 0 Å². The summed E-state index contributed by atoms with van der Waals surface area (Å²) in [5.41, 5.74) is 4.55. The van der Waals surface area contributed by atoms with Gasteiger partial charge in [0, 0.05) is 11.1 Å². The van der Waals surface area contributed by atoms with Gasteiger partial charge >= 0.3 is 0 Å². The van der Waals surface area contributed by atoms with Crippen molar-refractivity contribution in [1.29, 1.82) is 0 Å². The molecule has 0 aromatic heterocycles. The van der Waals surface area contributed by atoms with Crippen molar-refractivity contribution in [1.82, 2.24) is 0 Å². The second kappa shape index (κ2) is 8.12. The molecule has 1 N–H and O–H groups in total. The summed E-state index contributed by atoms with van der Waals surface area (Å²) in [4.78, 5) is 0. The van der Waals surface area contributed by atoms with E-state index in [1.54, 1.807) is 0 Å². The number of hydrogen-bond acceptors (Lipinski definition) is 1. The maximum atomic E-state index is 11.0. The quantitative estimate of drug-likeness (QED) is 0.568. The summed E-state index contributed by atoms with van der Waals surface area (Å²) in [5, 5.41) is 11.0. The standard InChI is InChI=1S/C25H34O/c1-7-24(3,4)21-17-20(16-12-15-19-13-10-9-11-14-19)18-22(23(21)26)25(5,6)8-2/h9-15,17-18,26H,7-8,16H2,1-6H3. The van der Waals surface area contributed by atoms with Crippen LogP contribution in [0.1, 0.15) is 76.6 Å². The van der Waals surface area contributed by atoms with Gasteiger partial charge in [-0.05, 0) is 41.2 Å². The van der Waals surface area contributed by atoms with Crippen LogP contribution in [-0.2, 0) is 17.3 Å². The predicted octanol–water partition coefficient (Wildman–Crippen LogP) is 7.02. The first-order chi connectivity index (χ1) is 12.2. The normalized spacial score (nSPS) is 12.7. The highest BCUT2D eigenvalue weighted by atomic mass is 16.3. The topological polar surface area (TPSA) is 20.2 Å². The minimum atomic E-state index is -0.0399. The van der Waals surface area contributed by atoms with E-state index in [4.69, 9.17) is 0 Å². The number of rotatable bonds is 7. The van der Waals surface area contributed by atoms with E-state index in [-0.39, 0.29) is 10.8 Å². The first-order valence-corrected chi connectivity index (χ1v) is 9.79. The van der Waals surface area contributed by atoms with Crippen molar-refractivity contribution in [3.8, 4) is 5.75 Å². The zero-order chi connectivity index (χ0) is 19.4. The maximum absolute atomic E-state index is 11.0. The molecule has 2 aromatic carbocycles. The van der Waals surface area contributed by atoms with Crippen LogP contribution in [0.5, 0.6) is 5.75 Å². The number of phenols is 1. The van der Waals surface area contributed by atoms with Crippen molar-refractivity contribution in [3.63, 3.8) is 0 Å². The Labute approximate surface area is 159 Å². The van der Waals surface area contributed by atoms with Gasteiger partial charge in [0.05, 0.1) is 0 Å². The third-order valence-corrected chi connectivity index (χ3v) is 5.86. The third kappa shape index (κ3) is 4.58. The lowest BCUT2D eigenvalue weighted by molar-refractivity contribution is 0.400. The second-order valence-corrected chi connectivity index (χ2v) is 8.53. The summed E-state index contributed by atoms with van der Waals surface area (Å²) in [5.74, 6) is 0.486. The fourth-order valence-corrected chi connectivity index (χ4v) is 3.12. The van der Waals surface area contributed by atoms with Crippen molar-refractivity contribution in [2.24, 2.45) is 0 Å². The molecular formula is C25H34O. The van der Waals surface area contributed by atoms with Crippen LogP contribution in [0.2, 0.25) is 0 Å². The van der Waals surface area contributed by atoms with Gasteiger partial charge < -0.3 is 5.11 Å².